The molecule has 2 unspecified atom stereocenters. The molecule has 3 rings (SSSR count). The van der Waals surface area contributed by atoms with E-state index in [1.807, 2.05) is 0 Å². The van der Waals surface area contributed by atoms with Crippen molar-refractivity contribution in [2.75, 3.05) is 13.1 Å². The number of fused-ring (bicyclic) bond motifs is 1. The molecular weight excluding hydrogens is 208 g/mol. The molecular formula is C15H22N2. The van der Waals surface area contributed by atoms with Gasteiger partial charge >= 0.3 is 0 Å². The van der Waals surface area contributed by atoms with Crippen LogP contribution < -0.4 is 5.32 Å². The van der Waals surface area contributed by atoms with Crippen LogP contribution in [-0.2, 0) is 6.54 Å². The zero-order valence-corrected chi connectivity index (χ0v) is 10.7. The van der Waals surface area contributed by atoms with Gasteiger partial charge in [0.1, 0.15) is 0 Å². The number of benzene rings is 1. The van der Waals surface area contributed by atoms with Gasteiger partial charge in [-0.25, -0.2) is 0 Å². The van der Waals surface area contributed by atoms with Crippen LogP contribution in [0.1, 0.15) is 30.4 Å². The largest absolute Gasteiger partial charge is 0.308 e. The molecule has 1 aromatic carbocycles. The molecule has 0 bridgehead atoms. The van der Waals surface area contributed by atoms with E-state index in [4.69, 9.17) is 0 Å². The molecule has 0 aliphatic carbocycles. The van der Waals surface area contributed by atoms with E-state index >= 15 is 0 Å². The quantitative estimate of drug-likeness (QED) is 0.857. The molecule has 2 aliphatic rings. The Balaban J connectivity index is 1.56. The maximum absolute atomic E-state index is 3.75. The summed E-state index contributed by atoms with van der Waals surface area (Å²) in [6.07, 6.45) is 4.12. The van der Waals surface area contributed by atoms with Gasteiger partial charge < -0.3 is 5.32 Å². The lowest BCUT2D eigenvalue weighted by atomic mass is 10.1. The van der Waals surface area contributed by atoms with Crippen molar-refractivity contribution in [3.8, 4) is 0 Å². The smallest absolute Gasteiger partial charge is 0.0250 e. The maximum Gasteiger partial charge on any atom is 0.0250 e. The normalized spacial score (nSPS) is 28.5. The predicted molar refractivity (Wildman–Crippen MR) is 71.0 cm³/mol. The van der Waals surface area contributed by atoms with Crippen molar-refractivity contribution in [2.45, 2.75) is 44.8 Å². The third-order valence-electron chi connectivity index (χ3n) is 4.29. The lowest BCUT2D eigenvalue weighted by molar-refractivity contribution is 0.298. The molecule has 1 N–H and O–H groups in total. The van der Waals surface area contributed by atoms with E-state index in [-0.39, 0.29) is 0 Å². The fraction of sp³-hybridized carbons (Fsp3) is 0.600. The van der Waals surface area contributed by atoms with Crippen molar-refractivity contribution in [2.24, 2.45) is 0 Å². The highest BCUT2D eigenvalue weighted by atomic mass is 15.2. The van der Waals surface area contributed by atoms with Crippen molar-refractivity contribution in [1.29, 1.82) is 0 Å². The van der Waals surface area contributed by atoms with E-state index in [1.54, 1.807) is 0 Å². The van der Waals surface area contributed by atoms with Crippen LogP contribution in [0.25, 0.3) is 0 Å². The molecule has 0 aromatic heterocycles. The SMILES string of the molecule is Cc1ccc(CNC2CCN3CCCC23)cc1. The van der Waals surface area contributed by atoms with Gasteiger partial charge in [0, 0.05) is 25.2 Å². The standard InChI is InChI=1S/C15H22N2/c1-12-4-6-13(7-5-12)11-16-14-8-10-17-9-2-3-15(14)17/h4-7,14-16H,2-3,8-11H2,1H3. The molecule has 17 heavy (non-hydrogen) atoms. The first-order chi connectivity index (χ1) is 8.33. The van der Waals surface area contributed by atoms with Crippen LogP contribution in [0.5, 0.6) is 0 Å². The fourth-order valence-corrected chi connectivity index (χ4v) is 3.28. The van der Waals surface area contributed by atoms with Crippen molar-refractivity contribution in [3.05, 3.63) is 35.4 Å². The van der Waals surface area contributed by atoms with E-state index in [0.29, 0.717) is 0 Å². The number of aryl methyl sites for hydroxylation is 1. The highest BCUT2D eigenvalue weighted by molar-refractivity contribution is 5.21. The molecule has 0 spiro atoms. The van der Waals surface area contributed by atoms with Crippen molar-refractivity contribution in [3.63, 3.8) is 0 Å². The fourth-order valence-electron chi connectivity index (χ4n) is 3.28. The van der Waals surface area contributed by atoms with Crippen molar-refractivity contribution in [1.82, 2.24) is 10.2 Å². The van der Waals surface area contributed by atoms with Gasteiger partial charge in [-0.2, -0.15) is 0 Å². The Hall–Kier alpha value is -0.860. The number of hydrogen-bond acceptors (Lipinski definition) is 2. The van der Waals surface area contributed by atoms with E-state index in [2.05, 4.69) is 41.4 Å². The summed E-state index contributed by atoms with van der Waals surface area (Å²) in [5, 5.41) is 3.75. The van der Waals surface area contributed by atoms with Gasteiger partial charge in [-0.15, -0.1) is 0 Å². The highest BCUT2D eigenvalue weighted by Crippen LogP contribution is 2.28. The summed E-state index contributed by atoms with van der Waals surface area (Å²) in [4.78, 5) is 2.66. The molecule has 0 amide bonds. The molecule has 2 heteroatoms. The monoisotopic (exact) mass is 230 g/mol. The summed E-state index contributed by atoms with van der Waals surface area (Å²) in [7, 11) is 0. The lowest BCUT2D eigenvalue weighted by Gasteiger charge is -2.21. The Kier molecular flexibility index (Phi) is 3.17. The molecule has 92 valence electrons. The van der Waals surface area contributed by atoms with Crippen LogP contribution in [0.2, 0.25) is 0 Å². The molecule has 2 atom stereocenters. The zero-order chi connectivity index (χ0) is 11.7. The predicted octanol–water partition coefficient (Wildman–Crippen LogP) is 2.32. The van der Waals surface area contributed by atoms with E-state index in [0.717, 1.165) is 18.6 Å². The van der Waals surface area contributed by atoms with E-state index < -0.39 is 0 Å². The Bertz CT molecular complexity index is 371. The Morgan fingerprint density at radius 2 is 2.00 bits per heavy atom. The minimum Gasteiger partial charge on any atom is -0.308 e. The van der Waals surface area contributed by atoms with Gasteiger partial charge in [0.2, 0.25) is 0 Å². The molecule has 2 saturated heterocycles. The summed E-state index contributed by atoms with van der Waals surface area (Å²) in [5.74, 6) is 0. The lowest BCUT2D eigenvalue weighted by Crippen LogP contribution is -2.38. The molecule has 0 radical (unpaired) electrons. The van der Waals surface area contributed by atoms with Crippen LogP contribution in [0.4, 0.5) is 0 Å². The van der Waals surface area contributed by atoms with Gasteiger partial charge in [-0.1, -0.05) is 29.8 Å². The molecule has 2 nitrogen and oxygen atoms in total. The van der Waals surface area contributed by atoms with Crippen molar-refractivity contribution < 1.29 is 0 Å². The van der Waals surface area contributed by atoms with Crippen LogP contribution in [0.15, 0.2) is 24.3 Å². The summed E-state index contributed by atoms with van der Waals surface area (Å²) >= 11 is 0. The second-order valence-electron chi connectivity index (χ2n) is 5.51. The average Bonchev–Trinajstić information content (AvgIpc) is 2.91. The topological polar surface area (TPSA) is 15.3 Å². The zero-order valence-electron chi connectivity index (χ0n) is 10.7. The number of hydrogen-bond donors (Lipinski definition) is 1. The van der Waals surface area contributed by atoms with E-state index in [9.17, 15) is 0 Å². The van der Waals surface area contributed by atoms with Gasteiger partial charge in [0.15, 0.2) is 0 Å². The molecule has 2 aliphatic heterocycles. The summed E-state index contributed by atoms with van der Waals surface area (Å²) in [6.45, 7) is 5.80. The van der Waals surface area contributed by atoms with Crippen LogP contribution in [-0.4, -0.2) is 30.1 Å². The number of rotatable bonds is 3. The first-order valence-corrected chi connectivity index (χ1v) is 6.86. The minimum absolute atomic E-state index is 0.721. The molecule has 2 fully saturated rings. The van der Waals surface area contributed by atoms with E-state index in [1.165, 1.54) is 43.5 Å². The van der Waals surface area contributed by atoms with Gasteiger partial charge in [-0.3, -0.25) is 4.90 Å². The Morgan fingerprint density at radius 1 is 1.18 bits per heavy atom. The Morgan fingerprint density at radius 3 is 2.82 bits per heavy atom. The molecule has 0 saturated carbocycles. The van der Waals surface area contributed by atoms with Crippen LogP contribution in [0, 0.1) is 6.92 Å². The first-order valence-electron chi connectivity index (χ1n) is 6.86. The van der Waals surface area contributed by atoms with Gasteiger partial charge in [0.05, 0.1) is 0 Å². The second kappa shape index (κ2) is 4.79. The third kappa shape index (κ3) is 2.38. The minimum atomic E-state index is 0.721. The van der Waals surface area contributed by atoms with Crippen LogP contribution in [0.3, 0.4) is 0 Å². The van der Waals surface area contributed by atoms with Crippen molar-refractivity contribution >= 4 is 0 Å². The molecule has 1 aromatic rings. The third-order valence-corrected chi connectivity index (χ3v) is 4.29. The van der Waals surface area contributed by atoms with Gasteiger partial charge in [-0.05, 0) is 38.3 Å². The second-order valence-corrected chi connectivity index (χ2v) is 5.51. The molecule has 2 heterocycles. The average molecular weight is 230 g/mol. The number of nitrogens with one attached hydrogen (secondary N) is 1. The maximum atomic E-state index is 3.75. The summed E-state index contributed by atoms with van der Waals surface area (Å²) in [6, 6.07) is 10.4. The Labute approximate surface area is 104 Å². The van der Waals surface area contributed by atoms with Crippen LogP contribution >= 0.6 is 0 Å². The van der Waals surface area contributed by atoms with Gasteiger partial charge in [0.25, 0.3) is 0 Å². The summed E-state index contributed by atoms with van der Waals surface area (Å²) in [5.41, 5.74) is 2.75. The summed E-state index contributed by atoms with van der Waals surface area (Å²) < 4.78 is 0. The number of nitrogens with zero attached hydrogens (tertiary/aromatic N) is 1. The highest BCUT2D eigenvalue weighted by Gasteiger charge is 2.36. The first kappa shape index (κ1) is 11.2.